The van der Waals surface area contributed by atoms with Crippen molar-refractivity contribution in [2.45, 2.75) is 77.5 Å². The van der Waals surface area contributed by atoms with Crippen LogP contribution in [0.1, 0.15) is 77.8 Å². The number of thiophene rings is 1. The molecule has 14 nitrogen and oxygen atoms in total. The molecule has 1 saturated carbocycles. The molecule has 7 heterocycles. The van der Waals surface area contributed by atoms with Crippen LogP contribution in [-0.4, -0.2) is 132 Å². The van der Waals surface area contributed by atoms with Crippen molar-refractivity contribution in [2.75, 3.05) is 59.0 Å². The van der Waals surface area contributed by atoms with Gasteiger partial charge in [0.15, 0.2) is 11.5 Å². The van der Waals surface area contributed by atoms with Crippen molar-refractivity contribution >= 4 is 57.3 Å². The molecule has 65 heavy (non-hydrogen) atoms. The molecule has 0 spiro atoms. The number of rotatable bonds is 12. The number of carbonyl (C=O) groups excluding carboxylic acids is 1. The Balaban J connectivity index is 0.681. The molecule has 10 rings (SSSR count). The van der Waals surface area contributed by atoms with Crippen LogP contribution in [0.3, 0.4) is 0 Å². The van der Waals surface area contributed by atoms with Crippen LogP contribution in [0.25, 0.3) is 27.4 Å². The van der Waals surface area contributed by atoms with Crippen LogP contribution < -0.4 is 9.47 Å². The molecule has 0 bridgehead atoms. The van der Waals surface area contributed by atoms with Crippen LogP contribution in [0.15, 0.2) is 59.6 Å². The zero-order valence-electron chi connectivity index (χ0n) is 37.0. The fourth-order valence-electron chi connectivity index (χ4n) is 9.71. The molecular weight excluding hydrogens is 884 g/mol. The van der Waals surface area contributed by atoms with Crippen LogP contribution >= 0.6 is 34.5 Å². The van der Waals surface area contributed by atoms with Crippen LogP contribution in [0.2, 0.25) is 10.0 Å². The molecule has 2 saturated heterocycles. The number of fused-ring (bicyclic) bond motifs is 4. The highest BCUT2D eigenvalue weighted by Gasteiger charge is 2.35. The molecule has 340 valence electrons. The molecule has 0 radical (unpaired) electrons. The van der Waals surface area contributed by atoms with Gasteiger partial charge in [-0.05, 0) is 120 Å². The molecule has 4 aromatic heterocycles. The van der Waals surface area contributed by atoms with Crippen molar-refractivity contribution in [3.8, 4) is 28.0 Å². The number of halogens is 2. The Hall–Kier alpha value is -4.90. The van der Waals surface area contributed by atoms with Crippen LogP contribution in [0.4, 0.5) is 0 Å². The Morgan fingerprint density at radius 1 is 0.892 bits per heavy atom. The van der Waals surface area contributed by atoms with Crippen LogP contribution in [0.5, 0.6) is 11.8 Å². The van der Waals surface area contributed by atoms with E-state index in [4.69, 9.17) is 42.7 Å². The van der Waals surface area contributed by atoms with E-state index in [0.717, 1.165) is 110 Å². The molecule has 1 amide bonds. The highest BCUT2D eigenvalue weighted by molar-refractivity contribution is 7.15. The van der Waals surface area contributed by atoms with E-state index in [2.05, 4.69) is 48.4 Å². The highest BCUT2D eigenvalue weighted by atomic mass is 35.5. The van der Waals surface area contributed by atoms with Gasteiger partial charge in [0.1, 0.15) is 35.3 Å². The number of piperidine rings is 1. The number of hydrogen-bond acceptors (Lipinski definition) is 12. The summed E-state index contributed by atoms with van der Waals surface area (Å²) in [5.41, 5.74) is 6.78. The fraction of sp³-hybridized carbons (Fsp3) is 0.458. The quantitative estimate of drug-likeness (QED) is 0.124. The van der Waals surface area contributed by atoms with Gasteiger partial charge in [0.05, 0.1) is 34.5 Å². The highest BCUT2D eigenvalue weighted by Crippen LogP contribution is 2.40. The maximum absolute atomic E-state index is 14.0. The van der Waals surface area contributed by atoms with Gasteiger partial charge in [0, 0.05) is 65.9 Å². The van der Waals surface area contributed by atoms with Gasteiger partial charge in [-0.25, -0.2) is 4.98 Å². The molecule has 2 N–H and O–H groups in total. The van der Waals surface area contributed by atoms with E-state index in [1.54, 1.807) is 11.3 Å². The lowest BCUT2D eigenvalue weighted by molar-refractivity contribution is -0.133. The number of amides is 1. The molecule has 3 aliphatic heterocycles. The number of aliphatic imine (C=N–C) groups is 1. The van der Waals surface area contributed by atoms with E-state index in [9.17, 15) is 9.90 Å². The maximum atomic E-state index is 14.0. The number of hydrogen-bond donors (Lipinski definition) is 2. The van der Waals surface area contributed by atoms with Gasteiger partial charge < -0.3 is 24.5 Å². The summed E-state index contributed by atoms with van der Waals surface area (Å²) in [5, 5.41) is 21.4. The summed E-state index contributed by atoms with van der Waals surface area (Å²) in [6.07, 6.45) is 4.27. The predicted octanol–water partition coefficient (Wildman–Crippen LogP) is 8.01. The molecule has 17 heteroatoms. The monoisotopic (exact) mass is 936 g/mol. The minimum atomic E-state index is -0.479. The third kappa shape index (κ3) is 9.28. The summed E-state index contributed by atoms with van der Waals surface area (Å²) < 4.78 is 14.2. The zero-order chi connectivity index (χ0) is 44.8. The van der Waals surface area contributed by atoms with E-state index in [0.29, 0.717) is 64.4 Å². The number of carbonyl (C=O) groups is 1. The summed E-state index contributed by atoms with van der Waals surface area (Å²) in [7, 11) is 0. The van der Waals surface area contributed by atoms with Gasteiger partial charge in [-0.1, -0.05) is 35.3 Å². The molecule has 0 unspecified atom stereocenters. The minimum Gasteiger partial charge on any atom is -0.492 e. The van der Waals surface area contributed by atoms with Gasteiger partial charge in [0.2, 0.25) is 5.91 Å². The van der Waals surface area contributed by atoms with Gasteiger partial charge in [-0.15, -0.1) is 21.5 Å². The summed E-state index contributed by atoms with van der Waals surface area (Å²) in [5.74, 6) is 3.03. The number of piperazine rings is 1. The maximum Gasteiger partial charge on any atom is 0.296 e. The third-order valence-electron chi connectivity index (χ3n) is 13.6. The molecule has 3 atom stereocenters. The van der Waals surface area contributed by atoms with Gasteiger partial charge in [-0.3, -0.25) is 24.2 Å². The van der Waals surface area contributed by atoms with Gasteiger partial charge >= 0.3 is 0 Å². The van der Waals surface area contributed by atoms with E-state index >= 15 is 0 Å². The van der Waals surface area contributed by atoms with Crippen molar-refractivity contribution in [1.29, 1.82) is 0 Å². The Morgan fingerprint density at radius 3 is 2.38 bits per heavy atom. The lowest BCUT2D eigenvalue weighted by atomic mass is 9.96. The first kappa shape index (κ1) is 44.0. The average Bonchev–Trinajstić information content (AvgIpc) is 4.06. The van der Waals surface area contributed by atoms with Crippen molar-refractivity contribution < 1.29 is 19.4 Å². The lowest BCUT2D eigenvalue weighted by Gasteiger charge is -2.39. The Labute approximate surface area is 392 Å². The molecule has 1 aliphatic carbocycles. The van der Waals surface area contributed by atoms with Gasteiger partial charge in [-0.2, -0.15) is 4.98 Å². The number of pyridine rings is 1. The second-order valence-electron chi connectivity index (χ2n) is 17.8. The first-order valence-corrected chi connectivity index (χ1v) is 24.3. The summed E-state index contributed by atoms with van der Waals surface area (Å²) in [4.78, 5) is 40.0. The summed E-state index contributed by atoms with van der Waals surface area (Å²) in [6.45, 7) is 14.0. The van der Waals surface area contributed by atoms with Crippen molar-refractivity contribution in [2.24, 2.45) is 10.9 Å². The number of aromatic amines is 1. The second kappa shape index (κ2) is 18.8. The predicted molar refractivity (Wildman–Crippen MR) is 254 cm³/mol. The SMILES string of the molecule is Cc1sc2c(c1C)C(c1ccc(Cl)cc1)=N[C@@H](CC(=O)N1CCN(CC3CCN(CCOc4ccc(-c5nc6nc(O[C@H]7CCC[C@@H]7O)[nH]c6cc5Cl)cc4)CC3)CC1)c1nnc(C)n1-2. The second-order valence-corrected chi connectivity index (χ2v) is 19.9. The number of aliphatic hydroxyl groups excluding tert-OH is 1. The fourth-order valence-corrected chi connectivity index (χ4v) is 11.3. The number of likely N-dealkylation sites (tertiary alicyclic amines) is 1. The van der Waals surface area contributed by atoms with E-state index < -0.39 is 12.1 Å². The lowest BCUT2D eigenvalue weighted by Crippen LogP contribution is -2.50. The number of aliphatic hydroxyl groups is 1. The number of nitrogens with one attached hydrogen (secondary N) is 1. The summed E-state index contributed by atoms with van der Waals surface area (Å²) in [6, 6.07) is 17.3. The molecular formula is C48H54Cl2N10O4S. The number of ether oxygens (including phenoxy) is 2. The number of aryl methyl sites for hydroxylation is 2. The first-order valence-electron chi connectivity index (χ1n) is 22.8. The third-order valence-corrected chi connectivity index (χ3v) is 15.3. The molecule has 3 fully saturated rings. The number of imidazole rings is 1. The van der Waals surface area contributed by atoms with Crippen LogP contribution in [-0.2, 0) is 4.79 Å². The van der Waals surface area contributed by atoms with E-state index in [-0.39, 0.29) is 18.4 Å². The Bertz CT molecular complexity index is 2700. The number of H-pyrrole nitrogens is 1. The van der Waals surface area contributed by atoms with Crippen molar-refractivity contribution in [3.05, 3.63) is 97.9 Å². The molecule has 6 aromatic rings. The normalized spacial score (nSPS) is 20.7. The average molecular weight is 938 g/mol. The van der Waals surface area contributed by atoms with Crippen LogP contribution in [0, 0.1) is 26.7 Å². The zero-order valence-corrected chi connectivity index (χ0v) is 39.3. The number of nitrogens with zero attached hydrogens (tertiary/aromatic N) is 9. The Morgan fingerprint density at radius 2 is 1.65 bits per heavy atom. The number of aromatic nitrogens is 6. The largest absolute Gasteiger partial charge is 0.492 e. The van der Waals surface area contributed by atoms with Gasteiger partial charge in [0.25, 0.3) is 6.01 Å². The topological polar surface area (TPSA) is 150 Å². The van der Waals surface area contributed by atoms with Crippen molar-refractivity contribution in [1.82, 2.24) is 44.4 Å². The summed E-state index contributed by atoms with van der Waals surface area (Å²) >= 11 is 14.7. The van der Waals surface area contributed by atoms with E-state index in [1.807, 2.05) is 66.4 Å². The minimum absolute atomic E-state index is 0.0984. The smallest absolute Gasteiger partial charge is 0.296 e. The molecule has 4 aliphatic rings. The van der Waals surface area contributed by atoms with Crippen molar-refractivity contribution in [3.63, 3.8) is 0 Å². The molecule has 2 aromatic carbocycles. The standard InChI is InChI=1S/C48H54Cl2N10O4S/c1-28-29(2)65-47-42(28)44(33-7-11-34(49)12-8-33)51-38(46-56-55-30(3)60(46)47)26-41(62)59-21-19-58(20-22-59)27-31-15-17-57(18-16-31)23-24-63-35-13-9-32(10-14-35)43-36(50)25-37-45(53-43)54-48(52-37)64-40-6-4-5-39(40)61/h7-14,25,31,38-40,61H,4-6,15-24,26-27H2,1-3H3,(H,52,53,54)/t38-,39-,40-/m0/s1. The number of benzene rings is 2. The first-order chi connectivity index (χ1) is 31.5. The Kier molecular flexibility index (Phi) is 12.7. The van der Waals surface area contributed by atoms with E-state index in [1.165, 1.54) is 10.4 Å².